The number of hydrogen-bond donors (Lipinski definition) is 0. The fourth-order valence-corrected chi connectivity index (χ4v) is 7.43. The average molecular weight is 623 g/mol. The van der Waals surface area contributed by atoms with E-state index in [0.717, 1.165) is 66.7 Å². The minimum atomic E-state index is -1.52. The molecule has 6 aromatic carbocycles. The minimum absolute atomic E-state index is 0.709. The number of rotatable bonds is 6. The second kappa shape index (κ2) is 11.7. The van der Waals surface area contributed by atoms with E-state index in [1.165, 1.54) is 10.8 Å². The molecule has 8 aromatic rings. The first-order chi connectivity index (χ1) is 22.9. The molecule has 0 aliphatic carbocycles. The molecule has 0 amide bonds. The predicted molar refractivity (Wildman–Crippen MR) is 199 cm³/mol. The van der Waals surface area contributed by atoms with Gasteiger partial charge in [0.2, 0.25) is 0 Å². The Hall–Kier alpha value is -5.58. The van der Waals surface area contributed by atoms with Crippen LogP contribution in [0, 0.1) is 0 Å². The fraction of sp³-hybridized carbons (Fsp3) is 0.0698. The SMILES string of the molecule is C[Si](C)(C)c1cccc(-c2cc(-c3ccc4oc5ccccc5c4c3)cc(-c3cc(-c4ccccc4)nc(-c4ccccc4)n3)c2)c1. The molecule has 8 rings (SSSR count). The first kappa shape index (κ1) is 28.9. The highest BCUT2D eigenvalue weighted by Gasteiger charge is 2.18. The molecule has 0 saturated carbocycles. The van der Waals surface area contributed by atoms with Gasteiger partial charge in [-0.1, -0.05) is 134 Å². The molecule has 2 heterocycles. The van der Waals surface area contributed by atoms with Crippen molar-refractivity contribution in [2.24, 2.45) is 0 Å². The highest BCUT2D eigenvalue weighted by atomic mass is 28.3. The Kier molecular flexibility index (Phi) is 7.15. The van der Waals surface area contributed by atoms with E-state index in [-0.39, 0.29) is 0 Å². The van der Waals surface area contributed by atoms with Crippen molar-refractivity contribution in [1.82, 2.24) is 9.97 Å². The molecule has 2 aromatic heterocycles. The lowest BCUT2D eigenvalue weighted by molar-refractivity contribution is 0.669. The van der Waals surface area contributed by atoms with Crippen molar-refractivity contribution in [3.8, 4) is 56.2 Å². The van der Waals surface area contributed by atoms with E-state index in [1.54, 1.807) is 0 Å². The molecule has 0 aliphatic heterocycles. The van der Waals surface area contributed by atoms with Crippen LogP contribution in [0.4, 0.5) is 0 Å². The van der Waals surface area contributed by atoms with Crippen molar-refractivity contribution in [1.29, 1.82) is 0 Å². The number of nitrogens with zero attached hydrogens (tertiary/aromatic N) is 2. The zero-order valence-corrected chi connectivity index (χ0v) is 27.7. The van der Waals surface area contributed by atoms with Gasteiger partial charge in [0, 0.05) is 27.5 Å². The summed E-state index contributed by atoms with van der Waals surface area (Å²) in [5.74, 6) is 0.709. The van der Waals surface area contributed by atoms with Crippen LogP contribution in [0.25, 0.3) is 78.1 Å². The Balaban J connectivity index is 1.36. The molecule has 47 heavy (non-hydrogen) atoms. The van der Waals surface area contributed by atoms with Crippen molar-refractivity contribution in [3.05, 3.63) is 152 Å². The van der Waals surface area contributed by atoms with Crippen LogP contribution in [0.15, 0.2) is 156 Å². The number of para-hydroxylation sites is 1. The smallest absolute Gasteiger partial charge is 0.160 e. The Bertz CT molecular complexity index is 2330. The molecule has 0 fully saturated rings. The highest BCUT2D eigenvalue weighted by Crippen LogP contribution is 2.37. The van der Waals surface area contributed by atoms with Gasteiger partial charge in [0.25, 0.3) is 0 Å². The molecule has 0 atom stereocenters. The summed E-state index contributed by atoms with van der Waals surface area (Å²) >= 11 is 0. The largest absolute Gasteiger partial charge is 0.456 e. The van der Waals surface area contributed by atoms with Crippen LogP contribution in [-0.2, 0) is 0 Å². The van der Waals surface area contributed by atoms with Gasteiger partial charge < -0.3 is 4.42 Å². The maximum atomic E-state index is 6.17. The minimum Gasteiger partial charge on any atom is -0.456 e. The van der Waals surface area contributed by atoms with Gasteiger partial charge in [0.15, 0.2) is 5.82 Å². The molecule has 0 spiro atoms. The predicted octanol–water partition coefficient (Wildman–Crippen LogP) is 11.3. The topological polar surface area (TPSA) is 38.9 Å². The second-order valence-corrected chi connectivity index (χ2v) is 18.2. The van der Waals surface area contributed by atoms with Gasteiger partial charge in [0.1, 0.15) is 11.2 Å². The van der Waals surface area contributed by atoms with Gasteiger partial charge in [0.05, 0.1) is 19.5 Å². The van der Waals surface area contributed by atoms with Gasteiger partial charge in [-0.25, -0.2) is 9.97 Å². The van der Waals surface area contributed by atoms with Crippen LogP contribution in [-0.4, -0.2) is 18.0 Å². The van der Waals surface area contributed by atoms with Crippen molar-refractivity contribution in [2.75, 3.05) is 0 Å². The summed E-state index contributed by atoms with van der Waals surface area (Å²) in [5.41, 5.74) is 11.3. The van der Waals surface area contributed by atoms with E-state index >= 15 is 0 Å². The van der Waals surface area contributed by atoms with Crippen molar-refractivity contribution in [3.63, 3.8) is 0 Å². The molecular weight excluding hydrogens is 589 g/mol. The summed E-state index contributed by atoms with van der Waals surface area (Å²) in [5, 5.41) is 3.68. The molecule has 0 aliphatic rings. The number of benzene rings is 6. The summed E-state index contributed by atoms with van der Waals surface area (Å²) in [6.45, 7) is 7.20. The van der Waals surface area contributed by atoms with Gasteiger partial charge in [-0.2, -0.15) is 0 Å². The molecule has 0 radical (unpaired) electrons. The summed E-state index contributed by atoms with van der Waals surface area (Å²) < 4.78 is 6.17. The molecule has 0 saturated heterocycles. The van der Waals surface area contributed by atoms with E-state index in [9.17, 15) is 0 Å². The lowest BCUT2D eigenvalue weighted by Gasteiger charge is -2.18. The molecule has 3 nitrogen and oxygen atoms in total. The van der Waals surface area contributed by atoms with E-state index in [4.69, 9.17) is 14.4 Å². The van der Waals surface area contributed by atoms with Crippen molar-refractivity contribution in [2.45, 2.75) is 19.6 Å². The third-order valence-corrected chi connectivity index (χ3v) is 10.9. The van der Waals surface area contributed by atoms with Crippen molar-refractivity contribution < 1.29 is 4.42 Å². The van der Waals surface area contributed by atoms with Crippen LogP contribution in [0.1, 0.15) is 0 Å². The Morgan fingerprint density at radius 2 is 0.979 bits per heavy atom. The molecule has 4 heteroatoms. The third-order valence-electron chi connectivity index (χ3n) is 8.83. The van der Waals surface area contributed by atoms with Crippen LogP contribution < -0.4 is 5.19 Å². The van der Waals surface area contributed by atoms with Crippen molar-refractivity contribution >= 4 is 35.2 Å². The molecule has 226 valence electrons. The zero-order valence-electron chi connectivity index (χ0n) is 26.7. The Labute approximate surface area is 276 Å². The van der Waals surface area contributed by atoms with Crippen LogP contribution >= 0.6 is 0 Å². The second-order valence-electron chi connectivity index (χ2n) is 13.1. The number of aromatic nitrogens is 2. The fourth-order valence-electron chi connectivity index (χ4n) is 6.25. The normalized spacial score (nSPS) is 11.7. The molecule has 0 unspecified atom stereocenters. The lowest BCUT2D eigenvalue weighted by atomic mass is 9.94. The summed E-state index contributed by atoms with van der Waals surface area (Å²) in [7, 11) is -1.52. The van der Waals surface area contributed by atoms with Gasteiger partial charge in [-0.3, -0.25) is 0 Å². The van der Waals surface area contributed by atoms with Gasteiger partial charge in [-0.15, -0.1) is 0 Å². The summed E-state index contributed by atoms with van der Waals surface area (Å²) in [6.07, 6.45) is 0. The van der Waals surface area contributed by atoms with E-state index in [1.807, 2.05) is 36.4 Å². The molecule has 0 bridgehead atoms. The molecule has 0 N–H and O–H groups in total. The van der Waals surface area contributed by atoms with Crippen LogP contribution in [0.5, 0.6) is 0 Å². The number of fused-ring (bicyclic) bond motifs is 3. The third kappa shape index (κ3) is 5.69. The quantitative estimate of drug-likeness (QED) is 0.173. The Morgan fingerprint density at radius 1 is 0.404 bits per heavy atom. The average Bonchev–Trinajstić information content (AvgIpc) is 3.50. The van der Waals surface area contributed by atoms with Crippen LogP contribution in [0.3, 0.4) is 0 Å². The van der Waals surface area contributed by atoms with Gasteiger partial charge in [-0.05, 0) is 64.7 Å². The first-order valence-electron chi connectivity index (χ1n) is 16.1. The first-order valence-corrected chi connectivity index (χ1v) is 19.6. The summed E-state index contributed by atoms with van der Waals surface area (Å²) in [4.78, 5) is 10.2. The van der Waals surface area contributed by atoms with E-state index in [0.29, 0.717) is 5.82 Å². The van der Waals surface area contributed by atoms with Crippen LogP contribution in [0.2, 0.25) is 19.6 Å². The number of furan rings is 1. The van der Waals surface area contributed by atoms with E-state index < -0.39 is 8.07 Å². The highest BCUT2D eigenvalue weighted by molar-refractivity contribution is 6.88. The monoisotopic (exact) mass is 622 g/mol. The van der Waals surface area contributed by atoms with Gasteiger partial charge >= 0.3 is 0 Å². The molecular formula is C43H34N2OSi. The standard InChI is InChI=1S/C43H34N2OSi/c1-47(2,3)36-18-12-17-31(26-36)33-23-34(32-21-22-42-38(27-32)37-19-10-11-20-41(37)46-42)25-35(24-33)40-28-39(29-13-6-4-7-14-29)44-43(45-40)30-15-8-5-9-16-30/h4-28H,1-3H3. The Morgan fingerprint density at radius 3 is 1.70 bits per heavy atom. The summed E-state index contributed by atoms with van der Waals surface area (Å²) in [6, 6.07) is 53.4. The maximum absolute atomic E-state index is 6.17. The number of hydrogen-bond acceptors (Lipinski definition) is 3. The maximum Gasteiger partial charge on any atom is 0.160 e. The van der Waals surface area contributed by atoms with E-state index in [2.05, 4.69) is 135 Å². The zero-order chi connectivity index (χ0) is 32.0. The lowest BCUT2D eigenvalue weighted by Crippen LogP contribution is -2.37.